The molecule has 3 N–H and O–H groups in total. The van der Waals surface area contributed by atoms with Gasteiger partial charge < -0.3 is 15.7 Å². The van der Waals surface area contributed by atoms with Crippen LogP contribution in [0.3, 0.4) is 0 Å². The highest BCUT2D eigenvalue weighted by Gasteiger charge is 2.27. The van der Waals surface area contributed by atoms with Crippen LogP contribution in [-0.2, 0) is 0 Å². The van der Waals surface area contributed by atoms with Gasteiger partial charge in [0.1, 0.15) is 5.75 Å². The first-order valence-electron chi connectivity index (χ1n) is 6.33. The number of aromatic hydroxyl groups is 1. The standard InChI is InChI=1S/C14H20N2O2/c1-9-3-4-13(17)11(7-9)14(18)16-6-5-12(15)10(2)8-16/h3-4,7,10,12,17H,5-6,8,15H2,1-2H3. The third kappa shape index (κ3) is 2.48. The van der Waals surface area contributed by atoms with Crippen LogP contribution in [0, 0.1) is 12.8 Å². The molecule has 0 aliphatic carbocycles. The summed E-state index contributed by atoms with van der Waals surface area (Å²) in [5.41, 5.74) is 7.30. The van der Waals surface area contributed by atoms with Crippen molar-refractivity contribution in [3.8, 4) is 5.75 Å². The molecule has 1 aliphatic heterocycles. The fraction of sp³-hybridized carbons (Fsp3) is 0.500. The van der Waals surface area contributed by atoms with Crippen LogP contribution in [-0.4, -0.2) is 35.0 Å². The van der Waals surface area contributed by atoms with Gasteiger partial charge in [-0.3, -0.25) is 4.79 Å². The van der Waals surface area contributed by atoms with E-state index in [4.69, 9.17) is 5.73 Å². The van der Waals surface area contributed by atoms with Gasteiger partial charge in [0.2, 0.25) is 0 Å². The van der Waals surface area contributed by atoms with Crippen LogP contribution in [0.15, 0.2) is 18.2 Å². The van der Waals surface area contributed by atoms with Crippen molar-refractivity contribution in [2.24, 2.45) is 11.7 Å². The molecular formula is C14H20N2O2. The average Bonchev–Trinajstić information content (AvgIpc) is 2.35. The Morgan fingerprint density at radius 3 is 2.89 bits per heavy atom. The molecule has 1 saturated heterocycles. The van der Waals surface area contributed by atoms with E-state index in [-0.39, 0.29) is 17.7 Å². The van der Waals surface area contributed by atoms with Crippen molar-refractivity contribution in [2.45, 2.75) is 26.3 Å². The van der Waals surface area contributed by atoms with Gasteiger partial charge in [0.25, 0.3) is 5.91 Å². The number of nitrogens with zero attached hydrogens (tertiary/aromatic N) is 1. The van der Waals surface area contributed by atoms with Gasteiger partial charge in [-0.05, 0) is 31.4 Å². The first-order chi connectivity index (χ1) is 8.49. The van der Waals surface area contributed by atoms with Crippen molar-refractivity contribution in [3.05, 3.63) is 29.3 Å². The van der Waals surface area contributed by atoms with Crippen LogP contribution in [0.4, 0.5) is 0 Å². The van der Waals surface area contributed by atoms with Gasteiger partial charge in [-0.1, -0.05) is 18.6 Å². The lowest BCUT2D eigenvalue weighted by Crippen LogP contribution is -2.48. The summed E-state index contributed by atoms with van der Waals surface area (Å²) in [6, 6.07) is 5.26. The Morgan fingerprint density at radius 2 is 2.22 bits per heavy atom. The Hall–Kier alpha value is -1.55. The molecule has 0 radical (unpaired) electrons. The molecule has 1 aromatic carbocycles. The van der Waals surface area contributed by atoms with E-state index < -0.39 is 0 Å². The molecule has 1 aromatic rings. The summed E-state index contributed by atoms with van der Waals surface area (Å²) >= 11 is 0. The van der Waals surface area contributed by atoms with Crippen LogP contribution >= 0.6 is 0 Å². The zero-order chi connectivity index (χ0) is 13.3. The average molecular weight is 248 g/mol. The fourth-order valence-corrected chi connectivity index (χ4v) is 2.34. The maximum absolute atomic E-state index is 12.4. The molecule has 0 bridgehead atoms. The third-order valence-corrected chi connectivity index (χ3v) is 3.64. The molecule has 2 unspecified atom stereocenters. The van der Waals surface area contributed by atoms with Gasteiger partial charge in [0, 0.05) is 19.1 Å². The second-order valence-electron chi connectivity index (χ2n) is 5.20. The van der Waals surface area contributed by atoms with Crippen molar-refractivity contribution >= 4 is 5.91 Å². The van der Waals surface area contributed by atoms with E-state index in [1.54, 1.807) is 23.1 Å². The zero-order valence-electron chi connectivity index (χ0n) is 10.9. The second-order valence-corrected chi connectivity index (χ2v) is 5.20. The number of nitrogens with two attached hydrogens (primary N) is 1. The predicted octanol–water partition coefficient (Wildman–Crippen LogP) is 1.51. The van der Waals surface area contributed by atoms with Crippen LogP contribution in [0.2, 0.25) is 0 Å². The first-order valence-corrected chi connectivity index (χ1v) is 6.33. The van der Waals surface area contributed by atoms with Crippen molar-refractivity contribution < 1.29 is 9.90 Å². The number of phenols is 1. The number of hydrogen-bond donors (Lipinski definition) is 2. The highest BCUT2D eigenvalue weighted by molar-refractivity contribution is 5.97. The Bertz CT molecular complexity index is 459. The lowest BCUT2D eigenvalue weighted by atomic mass is 9.94. The van der Waals surface area contributed by atoms with E-state index in [2.05, 4.69) is 6.92 Å². The molecule has 1 fully saturated rings. The number of aryl methyl sites for hydroxylation is 1. The molecule has 0 aromatic heterocycles. The van der Waals surface area contributed by atoms with Gasteiger partial charge in [-0.15, -0.1) is 0 Å². The number of rotatable bonds is 1. The minimum Gasteiger partial charge on any atom is -0.507 e. The summed E-state index contributed by atoms with van der Waals surface area (Å²) in [5.74, 6) is 0.248. The number of hydrogen-bond acceptors (Lipinski definition) is 3. The number of phenolic OH excluding ortho intramolecular Hbond substituents is 1. The SMILES string of the molecule is Cc1ccc(O)c(C(=O)N2CCC(N)C(C)C2)c1. The topological polar surface area (TPSA) is 66.6 Å². The summed E-state index contributed by atoms with van der Waals surface area (Å²) in [4.78, 5) is 14.1. The molecule has 2 rings (SSSR count). The molecular weight excluding hydrogens is 228 g/mol. The van der Waals surface area contributed by atoms with Crippen LogP contribution in [0.5, 0.6) is 5.75 Å². The molecule has 0 spiro atoms. The number of amides is 1. The van der Waals surface area contributed by atoms with Crippen molar-refractivity contribution in [2.75, 3.05) is 13.1 Å². The maximum Gasteiger partial charge on any atom is 0.257 e. The number of carbonyl (C=O) groups is 1. The van der Waals surface area contributed by atoms with Crippen molar-refractivity contribution in [1.82, 2.24) is 4.90 Å². The Morgan fingerprint density at radius 1 is 1.50 bits per heavy atom. The largest absolute Gasteiger partial charge is 0.507 e. The van der Waals surface area contributed by atoms with E-state index in [9.17, 15) is 9.90 Å². The molecule has 4 nitrogen and oxygen atoms in total. The highest BCUT2D eigenvalue weighted by Crippen LogP contribution is 2.23. The summed E-state index contributed by atoms with van der Waals surface area (Å²) < 4.78 is 0. The number of carbonyl (C=O) groups excluding carboxylic acids is 1. The van der Waals surface area contributed by atoms with E-state index in [1.807, 2.05) is 6.92 Å². The van der Waals surface area contributed by atoms with Crippen molar-refractivity contribution in [1.29, 1.82) is 0 Å². The second kappa shape index (κ2) is 4.98. The molecule has 4 heteroatoms. The van der Waals surface area contributed by atoms with E-state index in [0.717, 1.165) is 12.0 Å². The summed E-state index contributed by atoms with van der Waals surface area (Å²) in [5, 5.41) is 9.78. The monoisotopic (exact) mass is 248 g/mol. The zero-order valence-corrected chi connectivity index (χ0v) is 10.9. The van der Waals surface area contributed by atoms with Gasteiger partial charge in [-0.2, -0.15) is 0 Å². The smallest absolute Gasteiger partial charge is 0.257 e. The number of piperidine rings is 1. The number of benzene rings is 1. The molecule has 1 heterocycles. The number of likely N-dealkylation sites (tertiary alicyclic amines) is 1. The molecule has 0 saturated carbocycles. The van der Waals surface area contributed by atoms with Crippen LogP contribution < -0.4 is 5.73 Å². The Kier molecular flexibility index (Phi) is 3.57. The summed E-state index contributed by atoms with van der Waals surface area (Å²) in [6.07, 6.45) is 0.819. The quantitative estimate of drug-likeness (QED) is 0.791. The van der Waals surface area contributed by atoms with Gasteiger partial charge in [0.05, 0.1) is 5.56 Å². The molecule has 98 valence electrons. The maximum atomic E-state index is 12.4. The predicted molar refractivity (Wildman–Crippen MR) is 70.5 cm³/mol. The van der Waals surface area contributed by atoms with Gasteiger partial charge in [0.15, 0.2) is 0 Å². The van der Waals surface area contributed by atoms with E-state index >= 15 is 0 Å². The molecule has 1 aliphatic rings. The summed E-state index contributed by atoms with van der Waals surface area (Å²) in [6.45, 7) is 5.29. The van der Waals surface area contributed by atoms with Gasteiger partial charge >= 0.3 is 0 Å². The fourth-order valence-electron chi connectivity index (χ4n) is 2.34. The lowest BCUT2D eigenvalue weighted by Gasteiger charge is -2.35. The first kappa shape index (κ1) is 12.9. The molecule has 1 amide bonds. The van der Waals surface area contributed by atoms with Crippen LogP contribution in [0.25, 0.3) is 0 Å². The minimum absolute atomic E-state index is 0.0492. The van der Waals surface area contributed by atoms with E-state index in [0.29, 0.717) is 24.6 Å². The Balaban J connectivity index is 2.19. The van der Waals surface area contributed by atoms with Crippen LogP contribution in [0.1, 0.15) is 29.3 Å². The normalized spacial score (nSPS) is 24.1. The summed E-state index contributed by atoms with van der Waals surface area (Å²) in [7, 11) is 0. The Labute approximate surface area is 107 Å². The molecule has 18 heavy (non-hydrogen) atoms. The van der Waals surface area contributed by atoms with Crippen molar-refractivity contribution in [3.63, 3.8) is 0 Å². The van der Waals surface area contributed by atoms with E-state index in [1.165, 1.54) is 0 Å². The molecule has 2 atom stereocenters. The third-order valence-electron chi connectivity index (χ3n) is 3.64. The van der Waals surface area contributed by atoms with Gasteiger partial charge in [-0.25, -0.2) is 0 Å². The highest BCUT2D eigenvalue weighted by atomic mass is 16.3. The minimum atomic E-state index is -0.102. The lowest BCUT2D eigenvalue weighted by molar-refractivity contribution is 0.0661.